The van der Waals surface area contributed by atoms with Gasteiger partial charge in [0.05, 0.1) is 0 Å². The molecule has 1 saturated heterocycles. The molecule has 6 nitrogen and oxygen atoms in total. The number of hydrogen-bond acceptors (Lipinski definition) is 3. The van der Waals surface area contributed by atoms with Crippen molar-refractivity contribution in [3.63, 3.8) is 0 Å². The van der Waals surface area contributed by atoms with Crippen LogP contribution < -0.4 is 16.0 Å². The topological polar surface area (TPSA) is 68.8 Å². The van der Waals surface area contributed by atoms with Crippen LogP contribution >= 0.6 is 24.0 Å². The van der Waals surface area contributed by atoms with Gasteiger partial charge in [0.1, 0.15) is 0 Å². The van der Waals surface area contributed by atoms with Crippen molar-refractivity contribution >= 4 is 35.8 Å². The standard InChI is InChI=1S/C21H33N5O.HI/c1-3-23-21(25-14-17-10-12-26(15-17)19-7-8-19)24-11-9-16-5-4-6-18(13-16)20(27)22-2;/h4-6,13,17,19H,3,7-12,14-15H2,1-2H3,(H,22,27)(H2,23,24,25);1H. The van der Waals surface area contributed by atoms with Crippen molar-refractivity contribution in [3.05, 3.63) is 35.4 Å². The Kier molecular flexibility index (Phi) is 9.50. The van der Waals surface area contributed by atoms with Gasteiger partial charge in [-0.15, -0.1) is 24.0 Å². The lowest BCUT2D eigenvalue weighted by atomic mass is 10.1. The molecule has 3 N–H and O–H groups in total. The second kappa shape index (κ2) is 11.6. The molecule has 3 rings (SSSR count). The van der Waals surface area contributed by atoms with Crippen LogP contribution in [0.2, 0.25) is 0 Å². The molecule has 2 fully saturated rings. The molecule has 0 bridgehead atoms. The van der Waals surface area contributed by atoms with E-state index >= 15 is 0 Å². The minimum atomic E-state index is -0.0449. The number of rotatable bonds is 8. The molecular weight excluding hydrogens is 465 g/mol. The van der Waals surface area contributed by atoms with E-state index < -0.39 is 0 Å². The van der Waals surface area contributed by atoms with E-state index in [4.69, 9.17) is 4.99 Å². The maximum atomic E-state index is 11.8. The Balaban J connectivity index is 0.00000280. The number of guanidine groups is 1. The van der Waals surface area contributed by atoms with Gasteiger partial charge in [-0.25, -0.2) is 0 Å². The van der Waals surface area contributed by atoms with Crippen LogP contribution in [0.4, 0.5) is 0 Å². The van der Waals surface area contributed by atoms with E-state index in [1.165, 1.54) is 32.4 Å². The van der Waals surface area contributed by atoms with Crippen molar-refractivity contribution in [3.8, 4) is 0 Å². The zero-order valence-electron chi connectivity index (χ0n) is 17.0. The number of benzene rings is 1. The Labute approximate surface area is 186 Å². The van der Waals surface area contributed by atoms with E-state index in [0.717, 1.165) is 43.6 Å². The number of likely N-dealkylation sites (tertiary alicyclic amines) is 1. The average Bonchev–Trinajstić information content (AvgIpc) is 3.44. The van der Waals surface area contributed by atoms with Crippen LogP contribution in [0.15, 0.2) is 29.3 Å². The van der Waals surface area contributed by atoms with Crippen LogP contribution in [0.25, 0.3) is 0 Å². The molecule has 1 unspecified atom stereocenters. The van der Waals surface area contributed by atoms with Gasteiger partial charge in [0.25, 0.3) is 5.91 Å². The first-order valence-corrected chi connectivity index (χ1v) is 10.3. The molecule has 1 amide bonds. The molecule has 1 aromatic rings. The highest BCUT2D eigenvalue weighted by atomic mass is 127. The Morgan fingerprint density at radius 1 is 1.25 bits per heavy atom. The fourth-order valence-corrected chi connectivity index (χ4v) is 3.68. The smallest absolute Gasteiger partial charge is 0.251 e. The molecule has 1 atom stereocenters. The van der Waals surface area contributed by atoms with Crippen molar-refractivity contribution < 1.29 is 4.79 Å². The predicted octanol–water partition coefficient (Wildman–Crippen LogP) is 2.25. The van der Waals surface area contributed by atoms with E-state index in [9.17, 15) is 4.79 Å². The molecule has 0 spiro atoms. The fourth-order valence-electron chi connectivity index (χ4n) is 3.68. The zero-order chi connectivity index (χ0) is 19.1. The minimum Gasteiger partial charge on any atom is -0.357 e. The van der Waals surface area contributed by atoms with Crippen LogP contribution in [-0.2, 0) is 6.42 Å². The molecule has 7 heteroatoms. The highest BCUT2D eigenvalue weighted by molar-refractivity contribution is 14.0. The van der Waals surface area contributed by atoms with E-state index in [-0.39, 0.29) is 29.9 Å². The second-order valence-electron chi connectivity index (χ2n) is 7.56. The largest absolute Gasteiger partial charge is 0.357 e. The molecule has 1 heterocycles. The summed E-state index contributed by atoms with van der Waals surface area (Å²) in [5.74, 6) is 1.53. The van der Waals surface area contributed by atoms with Gasteiger partial charge < -0.3 is 20.9 Å². The van der Waals surface area contributed by atoms with E-state index in [0.29, 0.717) is 11.5 Å². The van der Waals surface area contributed by atoms with E-state index in [1.54, 1.807) is 7.05 Å². The number of halogens is 1. The van der Waals surface area contributed by atoms with Crippen LogP contribution in [-0.4, -0.2) is 62.6 Å². The summed E-state index contributed by atoms with van der Waals surface area (Å²) in [5.41, 5.74) is 1.85. The van der Waals surface area contributed by atoms with Crippen LogP contribution in [0.3, 0.4) is 0 Å². The maximum absolute atomic E-state index is 11.8. The van der Waals surface area contributed by atoms with Crippen molar-refractivity contribution in [1.82, 2.24) is 20.9 Å². The predicted molar refractivity (Wildman–Crippen MR) is 126 cm³/mol. The summed E-state index contributed by atoms with van der Waals surface area (Å²) in [6, 6.07) is 8.66. The van der Waals surface area contributed by atoms with Gasteiger partial charge in [-0.2, -0.15) is 0 Å². The lowest BCUT2D eigenvalue weighted by molar-refractivity contribution is 0.0963. The first-order valence-electron chi connectivity index (χ1n) is 10.3. The molecule has 0 aromatic heterocycles. The summed E-state index contributed by atoms with van der Waals surface area (Å²) in [4.78, 5) is 19.2. The second-order valence-corrected chi connectivity index (χ2v) is 7.56. The normalized spacial score (nSPS) is 19.8. The van der Waals surface area contributed by atoms with Gasteiger partial charge in [0, 0.05) is 44.8 Å². The van der Waals surface area contributed by atoms with Gasteiger partial charge >= 0.3 is 0 Å². The summed E-state index contributed by atoms with van der Waals surface area (Å²) in [5, 5.41) is 9.44. The van der Waals surface area contributed by atoms with Gasteiger partial charge in [-0.05, 0) is 62.8 Å². The third kappa shape index (κ3) is 6.92. The van der Waals surface area contributed by atoms with Crippen LogP contribution in [0.5, 0.6) is 0 Å². The number of hydrogen-bond donors (Lipinski definition) is 3. The third-order valence-electron chi connectivity index (χ3n) is 5.35. The van der Waals surface area contributed by atoms with Crippen molar-refractivity contribution in [2.45, 2.75) is 38.6 Å². The van der Waals surface area contributed by atoms with Gasteiger partial charge in [-0.3, -0.25) is 9.79 Å². The zero-order valence-corrected chi connectivity index (χ0v) is 19.4. The number of carbonyl (C=O) groups is 1. The lowest BCUT2D eigenvalue weighted by Gasteiger charge is -2.15. The lowest BCUT2D eigenvalue weighted by Crippen LogP contribution is -2.38. The monoisotopic (exact) mass is 499 g/mol. The first-order chi connectivity index (χ1) is 13.2. The number of nitrogens with zero attached hydrogens (tertiary/aromatic N) is 2. The summed E-state index contributed by atoms with van der Waals surface area (Å²) < 4.78 is 0. The molecule has 1 saturated carbocycles. The van der Waals surface area contributed by atoms with Crippen molar-refractivity contribution in [2.24, 2.45) is 10.9 Å². The number of aliphatic imine (C=N–C) groups is 1. The van der Waals surface area contributed by atoms with Crippen molar-refractivity contribution in [1.29, 1.82) is 0 Å². The maximum Gasteiger partial charge on any atom is 0.251 e. The van der Waals surface area contributed by atoms with Gasteiger partial charge in [0.2, 0.25) is 0 Å². The summed E-state index contributed by atoms with van der Waals surface area (Å²) in [6.07, 6.45) is 4.91. The SMILES string of the molecule is CCNC(=NCC1CCN(C2CC2)C1)NCCc1cccc(C(=O)NC)c1.I. The Morgan fingerprint density at radius 2 is 2.07 bits per heavy atom. The summed E-state index contributed by atoms with van der Waals surface area (Å²) in [7, 11) is 1.66. The van der Waals surface area contributed by atoms with Gasteiger partial charge in [0.15, 0.2) is 5.96 Å². The highest BCUT2D eigenvalue weighted by Gasteiger charge is 2.34. The first kappa shape index (κ1) is 22.9. The summed E-state index contributed by atoms with van der Waals surface area (Å²) in [6.45, 7) is 7.09. The molecule has 1 aliphatic heterocycles. The molecule has 1 aliphatic carbocycles. The number of nitrogens with one attached hydrogen (secondary N) is 3. The molecular formula is C21H34IN5O. The Bertz CT molecular complexity index is 662. The molecule has 2 aliphatic rings. The van der Waals surface area contributed by atoms with Crippen LogP contribution in [0.1, 0.15) is 42.1 Å². The molecule has 28 heavy (non-hydrogen) atoms. The van der Waals surface area contributed by atoms with Crippen molar-refractivity contribution in [2.75, 3.05) is 39.8 Å². The summed E-state index contributed by atoms with van der Waals surface area (Å²) >= 11 is 0. The minimum absolute atomic E-state index is 0. The highest BCUT2D eigenvalue weighted by Crippen LogP contribution is 2.31. The Morgan fingerprint density at radius 3 is 2.79 bits per heavy atom. The molecule has 0 radical (unpaired) electrons. The quantitative estimate of drug-likeness (QED) is 0.292. The number of carbonyl (C=O) groups excluding carboxylic acids is 1. The van der Waals surface area contributed by atoms with E-state index in [2.05, 4.69) is 33.8 Å². The fraction of sp³-hybridized carbons (Fsp3) is 0.619. The third-order valence-corrected chi connectivity index (χ3v) is 5.35. The van der Waals surface area contributed by atoms with Crippen LogP contribution in [0, 0.1) is 5.92 Å². The molecule has 1 aromatic carbocycles. The average molecular weight is 499 g/mol. The van der Waals surface area contributed by atoms with Gasteiger partial charge in [-0.1, -0.05) is 12.1 Å². The number of amides is 1. The van der Waals surface area contributed by atoms with E-state index in [1.807, 2.05) is 18.2 Å². The molecule has 156 valence electrons. The Hall–Kier alpha value is -1.35.